The molecule has 0 aromatic heterocycles. The number of amides is 2. The second kappa shape index (κ2) is 13.1. The Balaban J connectivity index is 2.26. The summed E-state index contributed by atoms with van der Waals surface area (Å²) in [7, 11) is -3.59. The lowest BCUT2D eigenvalue weighted by molar-refractivity contribution is -0.141. The molecule has 0 radical (unpaired) electrons. The molecule has 1 atom stereocenters. The Morgan fingerprint density at radius 3 is 2.31 bits per heavy atom. The van der Waals surface area contributed by atoms with E-state index in [1.54, 1.807) is 23.1 Å². The average molecular weight is 536 g/mol. The number of halogens is 1. The van der Waals surface area contributed by atoms with Crippen LogP contribution in [-0.4, -0.2) is 50.0 Å². The third-order valence-electron chi connectivity index (χ3n) is 6.01. The van der Waals surface area contributed by atoms with Gasteiger partial charge in [-0.2, -0.15) is 0 Å². The molecule has 0 bridgehead atoms. The van der Waals surface area contributed by atoms with E-state index >= 15 is 0 Å². The zero-order chi connectivity index (χ0) is 27.0. The van der Waals surface area contributed by atoms with Crippen LogP contribution in [0, 0.1) is 13.8 Å². The topological polar surface area (TPSA) is 86.8 Å². The van der Waals surface area contributed by atoms with Crippen molar-refractivity contribution in [3.05, 3.63) is 64.2 Å². The van der Waals surface area contributed by atoms with Gasteiger partial charge in [-0.15, -0.1) is 0 Å². The molecule has 9 heteroatoms. The number of carbonyl (C=O) groups is 2. The number of benzene rings is 2. The van der Waals surface area contributed by atoms with Gasteiger partial charge in [0.25, 0.3) is 0 Å². The van der Waals surface area contributed by atoms with E-state index in [0.717, 1.165) is 22.9 Å². The second-order valence-electron chi connectivity index (χ2n) is 9.40. The number of aryl methyl sites for hydroxylation is 2. The van der Waals surface area contributed by atoms with E-state index < -0.39 is 16.1 Å². The molecule has 36 heavy (non-hydrogen) atoms. The highest BCUT2D eigenvalue weighted by Crippen LogP contribution is 2.27. The highest BCUT2D eigenvalue weighted by molar-refractivity contribution is 7.92. The number of nitrogens with one attached hydrogen (secondary N) is 1. The first kappa shape index (κ1) is 29.6. The Labute approximate surface area is 220 Å². The van der Waals surface area contributed by atoms with Crippen LogP contribution < -0.4 is 9.62 Å². The maximum atomic E-state index is 13.5. The molecule has 0 aliphatic carbocycles. The van der Waals surface area contributed by atoms with Crippen LogP contribution in [0.1, 0.15) is 56.7 Å². The molecule has 2 aromatic carbocycles. The van der Waals surface area contributed by atoms with Gasteiger partial charge in [-0.05, 0) is 69.4 Å². The van der Waals surface area contributed by atoms with Crippen LogP contribution in [0.5, 0.6) is 0 Å². The molecule has 0 aliphatic rings. The number of nitrogens with zero attached hydrogens (tertiary/aromatic N) is 2. The molecular formula is C27H38ClN3O4S. The molecule has 0 fully saturated rings. The third kappa shape index (κ3) is 8.23. The number of hydrogen-bond acceptors (Lipinski definition) is 4. The van der Waals surface area contributed by atoms with Crippen molar-refractivity contribution in [3.63, 3.8) is 0 Å². The number of sulfonamides is 1. The van der Waals surface area contributed by atoms with E-state index in [2.05, 4.69) is 5.32 Å². The second-order valence-corrected chi connectivity index (χ2v) is 11.7. The molecule has 2 amide bonds. The molecule has 1 N–H and O–H groups in total. The van der Waals surface area contributed by atoms with Gasteiger partial charge in [0.1, 0.15) is 6.04 Å². The maximum absolute atomic E-state index is 13.5. The molecule has 7 nitrogen and oxygen atoms in total. The average Bonchev–Trinajstić information content (AvgIpc) is 2.78. The molecule has 0 unspecified atom stereocenters. The fourth-order valence-corrected chi connectivity index (χ4v) is 5.29. The van der Waals surface area contributed by atoms with E-state index in [4.69, 9.17) is 11.6 Å². The molecule has 2 rings (SSSR count). The Morgan fingerprint density at radius 2 is 1.72 bits per heavy atom. The molecule has 2 aromatic rings. The first-order valence-electron chi connectivity index (χ1n) is 12.2. The Morgan fingerprint density at radius 1 is 1.06 bits per heavy atom. The number of anilines is 1. The maximum Gasteiger partial charge on any atom is 0.243 e. The van der Waals surface area contributed by atoms with E-state index in [0.29, 0.717) is 30.1 Å². The number of rotatable bonds is 12. The first-order valence-corrected chi connectivity index (χ1v) is 14.5. The molecule has 0 heterocycles. The van der Waals surface area contributed by atoms with Crippen LogP contribution in [-0.2, 0) is 26.2 Å². The number of hydrogen-bond donors (Lipinski definition) is 1. The third-order valence-corrected chi connectivity index (χ3v) is 7.43. The highest BCUT2D eigenvalue weighted by atomic mass is 35.5. The fourth-order valence-electron chi connectivity index (χ4n) is 4.10. The van der Waals surface area contributed by atoms with Crippen LogP contribution in [0.25, 0.3) is 0 Å². The Kier molecular flexibility index (Phi) is 10.8. The SMILES string of the molecule is CC[C@@H](C(=O)NC(C)C)N(Cc1ccccc1C)C(=O)CCCN(c1cc(Cl)ccc1C)S(C)(=O)=O. The van der Waals surface area contributed by atoms with Gasteiger partial charge in [0.05, 0.1) is 11.9 Å². The standard InChI is InChI=1S/C27H38ClN3O4S/c1-7-24(27(33)29-19(2)3)30(18-22-12-9-8-11-20(22)4)26(32)13-10-16-31(36(6,34)35)25-17-23(28)15-14-21(25)5/h8-9,11-12,14-15,17,19,24H,7,10,13,16,18H2,1-6H3,(H,29,33)/t24-/m0/s1. The predicted molar refractivity (Wildman–Crippen MR) is 147 cm³/mol. The minimum absolute atomic E-state index is 0.0498. The monoisotopic (exact) mass is 535 g/mol. The molecule has 0 spiro atoms. The summed E-state index contributed by atoms with van der Waals surface area (Å²) in [6.07, 6.45) is 2.00. The molecule has 198 valence electrons. The smallest absolute Gasteiger partial charge is 0.243 e. The summed E-state index contributed by atoms with van der Waals surface area (Å²) >= 11 is 6.12. The Hall–Kier alpha value is -2.58. The van der Waals surface area contributed by atoms with Crippen molar-refractivity contribution in [1.29, 1.82) is 0 Å². The minimum Gasteiger partial charge on any atom is -0.352 e. The quantitative estimate of drug-likeness (QED) is 0.421. The van der Waals surface area contributed by atoms with Crippen LogP contribution in [0.4, 0.5) is 5.69 Å². The van der Waals surface area contributed by atoms with Gasteiger partial charge in [-0.25, -0.2) is 8.42 Å². The van der Waals surface area contributed by atoms with Gasteiger partial charge in [-0.3, -0.25) is 13.9 Å². The van der Waals surface area contributed by atoms with Crippen LogP contribution in [0.3, 0.4) is 0 Å². The van der Waals surface area contributed by atoms with Crippen LogP contribution in [0.2, 0.25) is 5.02 Å². The Bertz CT molecular complexity index is 1170. The van der Waals surface area contributed by atoms with E-state index in [-0.39, 0.29) is 30.8 Å². The van der Waals surface area contributed by atoms with Crippen molar-refractivity contribution in [2.75, 3.05) is 17.1 Å². The molecule has 0 saturated carbocycles. The minimum atomic E-state index is -3.59. The van der Waals surface area contributed by atoms with Crippen molar-refractivity contribution >= 4 is 39.1 Å². The van der Waals surface area contributed by atoms with Gasteiger partial charge in [-0.1, -0.05) is 48.9 Å². The lowest BCUT2D eigenvalue weighted by atomic mass is 10.0. The fraction of sp³-hybridized carbons (Fsp3) is 0.481. The van der Waals surface area contributed by atoms with E-state index in [1.807, 2.05) is 58.9 Å². The van der Waals surface area contributed by atoms with Gasteiger partial charge in [0, 0.05) is 30.6 Å². The lowest BCUT2D eigenvalue weighted by Gasteiger charge is -2.32. The van der Waals surface area contributed by atoms with E-state index in [1.165, 1.54) is 4.31 Å². The van der Waals surface area contributed by atoms with Gasteiger partial charge in [0.15, 0.2) is 0 Å². The molecular weight excluding hydrogens is 498 g/mol. The summed E-state index contributed by atoms with van der Waals surface area (Å²) in [5.41, 5.74) is 3.27. The lowest BCUT2D eigenvalue weighted by Crippen LogP contribution is -2.50. The summed E-state index contributed by atoms with van der Waals surface area (Å²) in [5, 5.41) is 3.36. The first-order chi connectivity index (χ1) is 16.8. The largest absolute Gasteiger partial charge is 0.352 e. The predicted octanol–water partition coefficient (Wildman–Crippen LogP) is 4.84. The highest BCUT2D eigenvalue weighted by Gasteiger charge is 2.29. The molecule has 0 aliphatic heterocycles. The van der Waals surface area contributed by atoms with E-state index in [9.17, 15) is 18.0 Å². The van der Waals surface area contributed by atoms with Crippen molar-refractivity contribution in [3.8, 4) is 0 Å². The van der Waals surface area contributed by atoms with Crippen molar-refractivity contribution in [1.82, 2.24) is 10.2 Å². The summed E-state index contributed by atoms with van der Waals surface area (Å²) in [6.45, 7) is 9.88. The van der Waals surface area contributed by atoms with Gasteiger partial charge < -0.3 is 10.2 Å². The van der Waals surface area contributed by atoms with Gasteiger partial charge in [0.2, 0.25) is 21.8 Å². The molecule has 0 saturated heterocycles. The summed E-state index contributed by atoms with van der Waals surface area (Å²) < 4.78 is 26.4. The summed E-state index contributed by atoms with van der Waals surface area (Å²) in [5.74, 6) is -0.387. The zero-order valence-corrected chi connectivity index (χ0v) is 23.6. The van der Waals surface area contributed by atoms with Gasteiger partial charge >= 0.3 is 0 Å². The van der Waals surface area contributed by atoms with Crippen molar-refractivity contribution in [2.45, 2.75) is 72.5 Å². The normalized spacial score (nSPS) is 12.3. The summed E-state index contributed by atoms with van der Waals surface area (Å²) in [6, 6.07) is 12.2. The zero-order valence-electron chi connectivity index (χ0n) is 22.0. The summed E-state index contributed by atoms with van der Waals surface area (Å²) in [4.78, 5) is 28.1. The number of carbonyl (C=O) groups excluding carboxylic acids is 2. The van der Waals surface area contributed by atoms with Crippen molar-refractivity contribution in [2.24, 2.45) is 0 Å². The van der Waals surface area contributed by atoms with Crippen LogP contribution >= 0.6 is 11.6 Å². The van der Waals surface area contributed by atoms with Crippen LogP contribution in [0.15, 0.2) is 42.5 Å². The van der Waals surface area contributed by atoms with Crippen molar-refractivity contribution < 1.29 is 18.0 Å².